The van der Waals surface area contributed by atoms with E-state index in [9.17, 15) is 24.0 Å². The highest BCUT2D eigenvalue weighted by Crippen LogP contribution is 2.31. The lowest BCUT2D eigenvalue weighted by atomic mass is 9.89. The number of thiazole rings is 1. The molecule has 1 aromatic carbocycles. The highest BCUT2D eigenvalue weighted by molar-refractivity contribution is 7.09. The number of likely N-dealkylation sites (N-methyl/N-ethyl adjacent to an activating group) is 2. The molecule has 1 saturated heterocycles. The molecular formula is C56H95N7O13S. The van der Waals surface area contributed by atoms with Gasteiger partial charge in [-0.15, -0.1) is 11.3 Å². The lowest BCUT2D eigenvalue weighted by molar-refractivity contribution is -0.148. The third-order valence-corrected chi connectivity index (χ3v) is 15.0. The summed E-state index contributed by atoms with van der Waals surface area (Å²) in [4.78, 5) is 80.2. The van der Waals surface area contributed by atoms with Gasteiger partial charge in [-0.2, -0.15) is 0 Å². The maximum atomic E-state index is 14.7. The summed E-state index contributed by atoms with van der Waals surface area (Å²) in [6.07, 6.45) is 3.13. The van der Waals surface area contributed by atoms with E-state index in [4.69, 9.17) is 43.6 Å². The molecule has 4 N–H and O–H groups in total. The van der Waals surface area contributed by atoms with Crippen molar-refractivity contribution < 1.29 is 61.9 Å². The number of hydrogen-bond acceptors (Lipinski definition) is 16. The summed E-state index contributed by atoms with van der Waals surface area (Å²) in [5.41, 5.74) is 6.45. The molecule has 2 unspecified atom stereocenters. The van der Waals surface area contributed by atoms with Gasteiger partial charge < -0.3 is 69.0 Å². The molecule has 3 rings (SSSR count). The monoisotopic (exact) mass is 1110 g/mol. The predicted octanol–water partition coefficient (Wildman–Crippen LogP) is 4.54. The summed E-state index contributed by atoms with van der Waals surface area (Å²) in [7, 11) is 6.42. The first-order valence-corrected chi connectivity index (χ1v) is 28.5. The van der Waals surface area contributed by atoms with Gasteiger partial charge in [0.1, 0.15) is 17.1 Å². The number of nitrogens with two attached hydrogens (primary N) is 1. The van der Waals surface area contributed by atoms with E-state index in [-0.39, 0.29) is 79.5 Å². The Kier molecular flexibility index (Phi) is 32.8. The molecule has 0 bridgehead atoms. The molecule has 2 heterocycles. The molecule has 1 aliphatic rings. The van der Waals surface area contributed by atoms with Gasteiger partial charge in [0, 0.05) is 53.0 Å². The molecule has 0 saturated carbocycles. The molecule has 2 aromatic rings. The van der Waals surface area contributed by atoms with Crippen LogP contribution in [0.25, 0.3) is 0 Å². The number of likely N-dealkylation sites (tertiary alicyclic amines) is 1. The minimum absolute atomic E-state index is 0.0189. The van der Waals surface area contributed by atoms with Crippen molar-refractivity contribution >= 4 is 40.9 Å². The minimum atomic E-state index is -0.942. The summed E-state index contributed by atoms with van der Waals surface area (Å²) < 4.78 is 45.1. The van der Waals surface area contributed by atoms with E-state index < -0.39 is 42.2 Å². The number of hydrogen-bond donors (Lipinski definition) is 3. The van der Waals surface area contributed by atoms with Crippen LogP contribution in [0.1, 0.15) is 97.2 Å². The van der Waals surface area contributed by atoms with Crippen molar-refractivity contribution in [1.82, 2.24) is 30.3 Å². The van der Waals surface area contributed by atoms with E-state index in [1.54, 1.807) is 39.4 Å². The van der Waals surface area contributed by atoms with Crippen molar-refractivity contribution in [3.63, 3.8) is 0 Å². The van der Waals surface area contributed by atoms with E-state index in [0.717, 1.165) is 17.0 Å². The third-order valence-electron chi connectivity index (χ3n) is 14.1. The van der Waals surface area contributed by atoms with Crippen molar-refractivity contribution in [3.8, 4) is 0 Å². The van der Waals surface area contributed by atoms with E-state index in [1.165, 1.54) is 16.2 Å². The quantitative estimate of drug-likeness (QED) is 0.0777. The number of methoxy groups -OCH3 is 2. The third kappa shape index (κ3) is 22.8. The maximum Gasteiger partial charge on any atom is 0.245 e. The van der Waals surface area contributed by atoms with E-state index in [2.05, 4.69) is 15.6 Å². The van der Waals surface area contributed by atoms with Crippen LogP contribution in [0.5, 0.6) is 0 Å². The summed E-state index contributed by atoms with van der Waals surface area (Å²) in [5, 5.41) is 8.94. The van der Waals surface area contributed by atoms with Crippen LogP contribution in [-0.4, -0.2) is 206 Å². The zero-order chi connectivity index (χ0) is 56.7. The molecule has 0 aliphatic carbocycles. The summed E-state index contributed by atoms with van der Waals surface area (Å²) >= 11 is 1.49. The van der Waals surface area contributed by atoms with Crippen LogP contribution in [0, 0.1) is 23.7 Å². The van der Waals surface area contributed by atoms with Gasteiger partial charge in [0.15, 0.2) is 0 Å². The average molecular weight is 1110 g/mol. The zero-order valence-corrected chi connectivity index (χ0v) is 48.9. The topological polar surface area (TPSA) is 232 Å². The van der Waals surface area contributed by atoms with Crippen molar-refractivity contribution in [2.45, 2.75) is 129 Å². The Bertz CT molecular complexity index is 1950. The molecule has 1 fully saturated rings. The fourth-order valence-corrected chi connectivity index (χ4v) is 10.4. The van der Waals surface area contributed by atoms with Crippen molar-refractivity contribution in [2.24, 2.45) is 29.4 Å². The normalized spacial score (nSPS) is 16.9. The Morgan fingerprint density at radius 3 is 1.82 bits per heavy atom. The molecular weight excluding hydrogens is 1010 g/mol. The fourth-order valence-electron chi connectivity index (χ4n) is 9.74. The van der Waals surface area contributed by atoms with E-state index in [1.807, 2.05) is 89.1 Å². The number of nitrogens with one attached hydrogen (secondary N) is 2. The van der Waals surface area contributed by atoms with Gasteiger partial charge >= 0.3 is 0 Å². The first-order valence-electron chi connectivity index (χ1n) is 27.6. The molecule has 21 heteroatoms. The second-order valence-corrected chi connectivity index (χ2v) is 21.3. The first kappa shape index (κ1) is 67.1. The van der Waals surface area contributed by atoms with Crippen LogP contribution >= 0.6 is 11.3 Å². The Morgan fingerprint density at radius 2 is 1.32 bits per heavy atom. The van der Waals surface area contributed by atoms with Gasteiger partial charge in [-0.05, 0) is 42.6 Å². The van der Waals surface area contributed by atoms with Gasteiger partial charge in [0.2, 0.25) is 29.5 Å². The van der Waals surface area contributed by atoms with Gasteiger partial charge in [-0.3, -0.25) is 24.0 Å². The first-order chi connectivity index (χ1) is 37.0. The van der Waals surface area contributed by atoms with E-state index in [0.29, 0.717) is 98.4 Å². The van der Waals surface area contributed by atoms with Crippen LogP contribution in [0.2, 0.25) is 0 Å². The summed E-state index contributed by atoms with van der Waals surface area (Å²) in [6.45, 7) is 19.2. The Morgan fingerprint density at radius 1 is 0.753 bits per heavy atom. The molecule has 0 radical (unpaired) electrons. The Balaban J connectivity index is 1.55. The number of amides is 5. The lowest BCUT2D eigenvalue weighted by Gasteiger charge is -2.41. The van der Waals surface area contributed by atoms with Crippen molar-refractivity contribution in [2.75, 3.05) is 121 Å². The number of aromatic nitrogens is 1. The van der Waals surface area contributed by atoms with Crippen molar-refractivity contribution in [3.05, 3.63) is 52.5 Å². The van der Waals surface area contributed by atoms with Gasteiger partial charge in [-0.25, -0.2) is 4.98 Å². The number of rotatable bonds is 41. The molecule has 1 aromatic heterocycles. The van der Waals surface area contributed by atoms with Gasteiger partial charge in [-0.1, -0.05) is 85.2 Å². The largest absolute Gasteiger partial charge is 0.379 e. The molecule has 0 spiro atoms. The number of nitrogens with zero attached hydrogens (tertiary/aromatic N) is 4. The minimum Gasteiger partial charge on any atom is -0.379 e. The fraction of sp³-hybridized carbons (Fsp3) is 0.750. The predicted molar refractivity (Wildman–Crippen MR) is 296 cm³/mol. The maximum absolute atomic E-state index is 14.7. The second-order valence-electron chi connectivity index (χ2n) is 20.3. The molecule has 9 atom stereocenters. The van der Waals surface area contributed by atoms with Crippen LogP contribution in [0.15, 0.2) is 41.9 Å². The van der Waals surface area contributed by atoms with Gasteiger partial charge in [0.05, 0.1) is 128 Å². The zero-order valence-electron chi connectivity index (χ0n) is 48.1. The summed E-state index contributed by atoms with van der Waals surface area (Å²) in [6, 6.07) is 6.91. The highest BCUT2D eigenvalue weighted by atomic mass is 32.1. The van der Waals surface area contributed by atoms with Gasteiger partial charge in [0.25, 0.3) is 0 Å². The van der Waals surface area contributed by atoms with E-state index >= 15 is 0 Å². The Hall–Kier alpha value is -4.16. The summed E-state index contributed by atoms with van der Waals surface area (Å²) in [5.74, 6) is -2.70. The molecule has 20 nitrogen and oxygen atoms in total. The number of carbonyl (C=O) groups excluding carboxylic acids is 5. The van der Waals surface area contributed by atoms with Crippen molar-refractivity contribution in [1.29, 1.82) is 0 Å². The lowest BCUT2D eigenvalue weighted by Crippen LogP contribution is -2.60. The smallest absolute Gasteiger partial charge is 0.245 e. The Labute approximate surface area is 463 Å². The number of benzene rings is 1. The molecule has 1 aliphatic heterocycles. The second kappa shape index (κ2) is 37.7. The highest BCUT2D eigenvalue weighted by Gasteiger charge is 2.44. The van der Waals surface area contributed by atoms with Crippen LogP contribution in [0.3, 0.4) is 0 Å². The molecule has 438 valence electrons. The van der Waals surface area contributed by atoms with Crippen LogP contribution in [-0.2, 0) is 68.3 Å². The molecule has 5 amide bonds. The SMILES string of the molecule is CC[C@H](C)[C@@H]([C@@H](CC(=O)N1CCC[C@H]1C(OC)[C@@H](C)C(=O)N[C@@H](Cc1ccccc1)c1nccs1)OC)N(C)C(=O)[C@@H](NC(=O)C(C(C)C)N(C)C(=O)CCOCCOCCOCCOCCOCCOCCN)C(C)C. The van der Waals surface area contributed by atoms with Crippen LogP contribution in [0.4, 0.5) is 0 Å². The number of ether oxygens (including phenoxy) is 8. The van der Waals surface area contributed by atoms with Crippen LogP contribution < -0.4 is 16.4 Å². The number of carbonyl (C=O) groups is 5. The molecule has 77 heavy (non-hydrogen) atoms. The standard InChI is InChI=1S/C56H95N7O13S/c1-12-41(6)51(46(69-10)38-48(65)63-23-16-19-45(63)52(70-11)42(7)53(66)59-44(55-58-22-36-77-55)37-43-17-14-13-15-18-43)62(9)56(68)49(39(2)3)60-54(67)50(40(4)5)61(8)47(64)20-24-71-26-28-73-30-32-75-34-35-76-33-31-74-29-27-72-25-21-57/h13-15,17-18,22,36,39-42,44-46,49-52H,12,16,19-21,23-35,37-38,57H2,1-11H3,(H,59,66)(H,60,67)/t41-,42+,44-,45-,46+,49-,50?,51-,52?/m0/s1. The average Bonchev–Trinajstić information content (AvgIpc) is 4.15.